The SMILES string of the molecule is CC(C)(C)NC(=O)[C@@H]1CN(Cc2cccnc2)CCN1C[C@H](C[C@H](Cc1ccccc1)C(=O)N[C@H]1c2ccccc2C[C@H]1O)OC(=O)CCCCNC(=O)O[C@H]1[C@@H](C2COC(C)(C)O2)OC2OC(C)(C)O[C@H]21.O=C(O)C(F)(F)F.O=C(O)C(F)(F)F. The number of unbranched alkanes of at least 4 members (excludes halogenated alkanes) is 1. The Morgan fingerprint density at radius 2 is 1.47 bits per heavy atom. The molecular formula is C58H76F6N6O16. The van der Waals surface area contributed by atoms with Crippen molar-refractivity contribution in [2.75, 3.05) is 39.3 Å². The number of alkyl halides is 6. The predicted molar refractivity (Wildman–Crippen MR) is 291 cm³/mol. The summed E-state index contributed by atoms with van der Waals surface area (Å²) in [5.41, 5.74) is 3.33. The molecule has 3 aromatic rings. The Bertz CT molecular complexity index is 2730. The lowest BCUT2D eigenvalue weighted by molar-refractivity contribution is -0.232. The van der Waals surface area contributed by atoms with Crippen molar-refractivity contribution >= 4 is 35.8 Å². The van der Waals surface area contributed by atoms with Gasteiger partial charge in [-0.05, 0) is 102 Å². The van der Waals surface area contributed by atoms with Crippen LogP contribution in [0.1, 0.15) is 102 Å². The zero-order valence-corrected chi connectivity index (χ0v) is 48.7. The first-order valence-electron chi connectivity index (χ1n) is 28.0. The van der Waals surface area contributed by atoms with Crippen LogP contribution >= 0.6 is 0 Å². The van der Waals surface area contributed by atoms with E-state index >= 15 is 0 Å². The molecule has 22 nitrogen and oxygen atoms in total. The van der Waals surface area contributed by atoms with Crippen LogP contribution in [-0.2, 0) is 76.5 Å². The molecule has 1 aliphatic carbocycles. The van der Waals surface area contributed by atoms with E-state index in [1.54, 1.807) is 33.9 Å². The number of carboxylic acids is 2. The molecule has 4 fully saturated rings. The Labute approximate surface area is 493 Å². The Hall–Kier alpha value is -6.53. The number of nitrogens with one attached hydrogen (secondary N) is 3. The van der Waals surface area contributed by atoms with Gasteiger partial charge in [-0.3, -0.25) is 29.2 Å². The number of aliphatic hydroxyl groups is 1. The number of ether oxygens (including phenoxy) is 7. The summed E-state index contributed by atoms with van der Waals surface area (Å²) in [5.74, 6) is -8.81. The van der Waals surface area contributed by atoms with Crippen LogP contribution in [-0.4, -0.2) is 184 Å². The number of aromatic nitrogens is 1. The second-order valence-electron chi connectivity index (χ2n) is 23.3. The number of piperazine rings is 1. The minimum Gasteiger partial charge on any atom is -0.475 e. The third-order valence-electron chi connectivity index (χ3n) is 14.2. The number of nitrogens with zero attached hydrogens (tertiary/aromatic N) is 3. The Kier molecular flexibility index (Phi) is 23.5. The number of hydrogen-bond acceptors (Lipinski definition) is 17. The summed E-state index contributed by atoms with van der Waals surface area (Å²) in [7, 11) is 0. The molecule has 4 saturated heterocycles. The lowest BCUT2D eigenvalue weighted by Gasteiger charge is -2.42. The number of esters is 1. The molecule has 6 N–H and O–H groups in total. The number of aliphatic hydroxyl groups excluding tert-OH is 1. The summed E-state index contributed by atoms with van der Waals surface area (Å²) >= 11 is 0. The van der Waals surface area contributed by atoms with E-state index in [1.807, 2.05) is 93.7 Å². The molecule has 86 heavy (non-hydrogen) atoms. The van der Waals surface area contributed by atoms with Crippen LogP contribution in [0.15, 0.2) is 79.1 Å². The second-order valence-corrected chi connectivity index (χ2v) is 23.3. The summed E-state index contributed by atoms with van der Waals surface area (Å²) in [4.78, 5) is 82.4. The number of fused-ring (bicyclic) bond motifs is 2. The van der Waals surface area contributed by atoms with Crippen LogP contribution in [0.5, 0.6) is 0 Å². The minimum atomic E-state index is -5.08. The number of amides is 3. The van der Waals surface area contributed by atoms with E-state index in [0.717, 1.165) is 22.3 Å². The van der Waals surface area contributed by atoms with Crippen LogP contribution in [0.3, 0.4) is 0 Å². The smallest absolute Gasteiger partial charge is 0.475 e. The minimum absolute atomic E-state index is 0.0397. The molecule has 4 aliphatic heterocycles. The third kappa shape index (κ3) is 20.8. The summed E-state index contributed by atoms with van der Waals surface area (Å²) < 4.78 is 106. The van der Waals surface area contributed by atoms with Gasteiger partial charge in [-0.1, -0.05) is 60.7 Å². The number of alkyl carbamates (subject to hydrolysis) is 1. The lowest BCUT2D eigenvalue weighted by Crippen LogP contribution is -2.62. The zero-order valence-electron chi connectivity index (χ0n) is 48.7. The molecule has 0 saturated carbocycles. The largest absolute Gasteiger partial charge is 0.490 e. The first-order valence-corrected chi connectivity index (χ1v) is 28.0. The van der Waals surface area contributed by atoms with Gasteiger partial charge in [0.15, 0.2) is 30.1 Å². The lowest BCUT2D eigenvalue weighted by atomic mass is 9.91. The second kappa shape index (κ2) is 29.4. The number of carboxylic acid groups (broad SMARTS) is 2. The highest BCUT2D eigenvalue weighted by Gasteiger charge is 2.60. The fourth-order valence-corrected chi connectivity index (χ4v) is 10.4. The first kappa shape index (κ1) is 68.6. The number of pyridine rings is 1. The number of halogens is 6. The Balaban J connectivity index is 0.000000753. The molecule has 1 aromatic heterocycles. The summed E-state index contributed by atoms with van der Waals surface area (Å²) in [5, 5.41) is 34.6. The summed E-state index contributed by atoms with van der Waals surface area (Å²) in [6, 6.07) is 20.1. The maximum atomic E-state index is 14.6. The molecule has 0 spiro atoms. The number of rotatable bonds is 19. The molecule has 28 heteroatoms. The number of carbonyl (C=O) groups excluding carboxylic acids is 4. The van der Waals surface area contributed by atoms with Gasteiger partial charge in [0.05, 0.1) is 18.8 Å². The monoisotopic (exact) mass is 1230 g/mol. The molecule has 0 radical (unpaired) electrons. The van der Waals surface area contributed by atoms with Crippen molar-refractivity contribution < 1.29 is 104 Å². The molecule has 3 amide bonds. The van der Waals surface area contributed by atoms with Gasteiger partial charge in [-0.2, -0.15) is 26.3 Å². The maximum absolute atomic E-state index is 14.6. The Morgan fingerprint density at radius 3 is 2.08 bits per heavy atom. The molecule has 2 unspecified atom stereocenters. The molecule has 8 rings (SSSR count). The van der Waals surface area contributed by atoms with Gasteiger partial charge in [-0.15, -0.1) is 0 Å². The molecule has 0 bridgehead atoms. The third-order valence-corrected chi connectivity index (χ3v) is 14.2. The number of hydrogen-bond donors (Lipinski definition) is 6. The molecule has 10 atom stereocenters. The van der Waals surface area contributed by atoms with Crippen molar-refractivity contribution in [2.45, 2.75) is 178 Å². The van der Waals surface area contributed by atoms with Gasteiger partial charge in [0.1, 0.15) is 24.4 Å². The quantitative estimate of drug-likeness (QED) is 0.0457. The maximum Gasteiger partial charge on any atom is 0.490 e. The van der Waals surface area contributed by atoms with Gasteiger partial charge >= 0.3 is 36.4 Å². The van der Waals surface area contributed by atoms with E-state index in [-0.39, 0.29) is 44.4 Å². The molecule has 476 valence electrons. The van der Waals surface area contributed by atoms with E-state index in [4.69, 9.17) is 53.0 Å². The van der Waals surface area contributed by atoms with Gasteiger partial charge in [-0.25, -0.2) is 14.4 Å². The predicted octanol–water partition coefficient (Wildman–Crippen LogP) is 5.98. The van der Waals surface area contributed by atoms with E-state index in [1.165, 1.54) is 0 Å². The zero-order chi connectivity index (χ0) is 63.4. The number of carbonyl (C=O) groups is 6. The molecular weight excluding hydrogens is 1150 g/mol. The Morgan fingerprint density at radius 1 is 0.814 bits per heavy atom. The standard InChI is InChI=1S/C54H74N6O12.2C2HF3O2/c1-52(2,3)58-49(64)40-32-59(30-35-18-15-22-55-29-35)24-25-60(40)31-38(27-37(26-34-16-9-8-10-17-34)48(63)57-44-39-20-12-11-19-36(39)28-41(44)61)67-43(62)21-13-14-23-56-51(65)69-46-45(42-33-66-53(4,5)70-42)68-50-47(46)71-54(6,7)72-50;2*3-2(4,5)1(6)7/h8-12,15-20,22,29,37-38,40-42,44-47,50,61H,13-14,21,23-28,30-33H2,1-7H3,(H,56,65)(H,57,63)(H,58,64);2*(H,6,7)/t37-,38-,40-,41+,42?,44-,45+,46-,47-,50?;;/m0../s1. The average Bonchev–Trinajstić information content (AvgIpc) is 1.72. The number of benzene rings is 2. The van der Waals surface area contributed by atoms with Crippen LogP contribution in [0.25, 0.3) is 0 Å². The summed E-state index contributed by atoms with van der Waals surface area (Å²) in [6.07, 6.45) is -10.5. The fourth-order valence-electron chi connectivity index (χ4n) is 10.4. The van der Waals surface area contributed by atoms with Crippen LogP contribution in [0.4, 0.5) is 31.1 Å². The van der Waals surface area contributed by atoms with Crippen molar-refractivity contribution in [1.29, 1.82) is 0 Å². The van der Waals surface area contributed by atoms with Crippen molar-refractivity contribution in [3.63, 3.8) is 0 Å². The topological polar surface area (TPSA) is 283 Å². The molecule has 5 heterocycles. The fraction of sp³-hybridized carbons (Fsp3) is 0.603. The molecule has 5 aliphatic rings. The van der Waals surface area contributed by atoms with Crippen LogP contribution < -0.4 is 16.0 Å². The van der Waals surface area contributed by atoms with E-state index in [2.05, 4.69) is 30.7 Å². The highest BCUT2D eigenvalue weighted by molar-refractivity contribution is 5.83. The van der Waals surface area contributed by atoms with Gasteiger partial charge in [0.25, 0.3) is 0 Å². The van der Waals surface area contributed by atoms with E-state index in [0.29, 0.717) is 51.9 Å². The van der Waals surface area contributed by atoms with Gasteiger partial charge < -0.3 is 64.4 Å². The highest BCUT2D eigenvalue weighted by atomic mass is 19.4. The molecule has 2 aromatic carbocycles. The van der Waals surface area contributed by atoms with Crippen molar-refractivity contribution in [2.24, 2.45) is 5.92 Å². The average molecular weight is 1230 g/mol. The summed E-state index contributed by atoms with van der Waals surface area (Å²) in [6.45, 7) is 15.8. The highest BCUT2D eigenvalue weighted by Crippen LogP contribution is 2.42. The van der Waals surface area contributed by atoms with Crippen LogP contribution in [0, 0.1) is 5.92 Å². The van der Waals surface area contributed by atoms with E-state index in [9.17, 15) is 50.6 Å². The van der Waals surface area contributed by atoms with Crippen LogP contribution in [0.2, 0.25) is 0 Å². The van der Waals surface area contributed by atoms with Gasteiger partial charge in [0, 0.05) is 76.0 Å². The van der Waals surface area contributed by atoms with Gasteiger partial charge in [0.2, 0.25) is 11.8 Å². The van der Waals surface area contributed by atoms with Crippen molar-refractivity contribution in [3.8, 4) is 0 Å². The van der Waals surface area contributed by atoms with Crippen molar-refractivity contribution in [1.82, 2.24) is 30.7 Å². The normalized spacial score (nSPS) is 24.9. The van der Waals surface area contributed by atoms with E-state index < -0.39 is 114 Å². The first-order chi connectivity index (χ1) is 40.2. The number of aliphatic carboxylic acids is 2. The van der Waals surface area contributed by atoms with Crippen molar-refractivity contribution in [3.05, 3.63) is 101 Å².